The number of fused-ring (bicyclic) bond motifs is 1. The van der Waals surface area contributed by atoms with Crippen molar-refractivity contribution in [1.82, 2.24) is 19.9 Å². The van der Waals surface area contributed by atoms with Crippen LogP contribution < -0.4 is 11.1 Å². The lowest BCUT2D eigenvalue weighted by atomic mass is 9.88. The molecule has 1 aliphatic rings. The Balaban J connectivity index is 1.99. The summed E-state index contributed by atoms with van der Waals surface area (Å²) in [5, 5.41) is 6.66. The number of amides is 2. The van der Waals surface area contributed by atoms with E-state index in [1.54, 1.807) is 13.8 Å². The average molecular weight is 323 g/mol. The Kier molecular flexibility index (Phi) is 3.31. The quantitative estimate of drug-likeness (QED) is 0.878. The molecule has 3 rings (SSSR count). The molecule has 2 aromatic heterocycles. The fourth-order valence-corrected chi connectivity index (χ4v) is 2.72. The van der Waals surface area contributed by atoms with Crippen LogP contribution in [-0.4, -0.2) is 38.4 Å². The highest BCUT2D eigenvalue weighted by Crippen LogP contribution is 2.37. The summed E-state index contributed by atoms with van der Waals surface area (Å²) in [7, 11) is 0. The second-order valence-electron chi connectivity index (χ2n) is 5.78. The van der Waals surface area contributed by atoms with Gasteiger partial charge in [-0.25, -0.2) is 18.3 Å². The van der Waals surface area contributed by atoms with E-state index in [1.165, 1.54) is 10.6 Å². The molecule has 0 bridgehead atoms. The van der Waals surface area contributed by atoms with Gasteiger partial charge in [0.05, 0.1) is 5.69 Å². The predicted octanol–water partition coefficient (Wildman–Crippen LogP) is 0.973. The summed E-state index contributed by atoms with van der Waals surface area (Å²) in [6.45, 7) is 3.24. The molecule has 0 saturated heterocycles. The highest BCUT2D eigenvalue weighted by atomic mass is 19.3. The van der Waals surface area contributed by atoms with Crippen molar-refractivity contribution in [3.05, 3.63) is 28.7 Å². The van der Waals surface area contributed by atoms with E-state index in [-0.39, 0.29) is 29.7 Å². The van der Waals surface area contributed by atoms with Crippen LogP contribution >= 0.6 is 0 Å². The number of aromatic nitrogens is 3. The minimum Gasteiger partial charge on any atom is -0.365 e. The zero-order valence-corrected chi connectivity index (χ0v) is 12.6. The highest BCUT2D eigenvalue weighted by Gasteiger charge is 2.46. The summed E-state index contributed by atoms with van der Waals surface area (Å²) in [6.07, 6.45) is -0.757. The van der Waals surface area contributed by atoms with Gasteiger partial charge in [-0.1, -0.05) is 0 Å². The molecule has 1 fully saturated rings. The van der Waals surface area contributed by atoms with Crippen LogP contribution in [0.4, 0.5) is 8.78 Å². The van der Waals surface area contributed by atoms with Crippen molar-refractivity contribution in [3.8, 4) is 0 Å². The molecule has 7 nitrogen and oxygen atoms in total. The number of carbonyl (C=O) groups excluding carboxylic acids is 2. The van der Waals surface area contributed by atoms with E-state index in [2.05, 4.69) is 15.4 Å². The number of primary amides is 1. The van der Waals surface area contributed by atoms with E-state index >= 15 is 0 Å². The standard InChI is InChI=1S/C14H15F2N5O2/c1-6-3-9(13(23)19-8-4-14(15,16)5-8)21-12(18-6)10(11(17)22)7(2)20-21/h3,8H,4-5H2,1-2H3,(H2,17,22)(H,19,23). The third-order valence-electron chi connectivity index (χ3n) is 3.80. The van der Waals surface area contributed by atoms with Crippen molar-refractivity contribution in [2.75, 3.05) is 0 Å². The molecule has 0 aliphatic heterocycles. The van der Waals surface area contributed by atoms with Crippen molar-refractivity contribution >= 4 is 17.5 Å². The molecule has 3 N–H and O–H groups in total. The Morgan fingerprint density at radius 1 is 1.39 bits per heavy atom. The van der Waals surface area contributed by atoms with E-state index in [4.69, 9.17) is 5.73 Å². The van der Waals surface area contributed by atoms with Crippen LogP contribution in [0.1, 0.15) is 45.1 Å². The Morgan fingerprint density at radius 2 is 2.04 bits per heavy atom. The molecule has 1 aliphatic carbocycles. The van der Waals surface area contributed by atoms with E-state index < -0.39 is 23.8 Å². The van der Waals surface area contributed by atoms with E-state index in [1.807, 2.05) is 0 Å². The van der Waals surface area contributed by atoms with Crippen LogP contribution in [0.5, 0.6) is 0 Å². The largest absolute Gasteiger partial charge is 0.365 e. The Bertz CT molecular complexity index is 822. The molecule has 2 amide bonds. The molecular weight excluding hydrogens is 308 g/mol. The number of carbonyl (C=O) groups is 2. The van der Waals surface area contributed by atoms with Gasteiger partial charge in [-0.05, 0) is 19.9 Å². The normalized spacial score (nSPS) is 17.0. The molecule has 122 valence electrons. The smallest absolute Gasteiger partial charge is 0.270 e. The van der Waals surface area contributed by atoms with Gasteiger partial charge in [0.2, 0.25) is 0 Å². The maximum atomic E-state index is 12.9. The number of rotatable bonds is 3. The number of alkyl halides is 2. The molecule has 0 aromatic carbocycles. The van der Waals surface area contributed by atoms with Gasteiger partial charge in [-0.15, -0.1) is 0 Å². The van der Waals surface area contributed by atoms with Crippen LogP contribution in [0.25, 0.3) is 5.65 Å². The summed E-state index contributed by atoms with van der Waals surface area (Å²) >= 11 is 0. The summed E-state index contributed by atoms with van der Waals surface area (Å²) in [5.74, 6) is -3.96. The highest BCUT2D eigenvalue weighted by molar-refractivity contribution is 6.01. The fourth-order valence-electron chi connectivity index (χ4n) is 2.72. The van der Waals surface area contributed by atoms with Crippen LogP contribution in [0.2, 0.25) is 0 Å². The van der Waals surface area contributed by atoms with Crippen molar-refractivity contribution in [3.63, 3.8) is 0 Å². The molecule has 0 spiro atoms. The maximum absolute atomic E-state index is 12.9. The lowest BCUT2D eigenvalue weighted by Crippen LogP contribution is -2.50. The maximum Gasteiger partial charge on any atom is 0.270 e. The Labute approximate surface area is 129 Å². The predicted molar refractivity (Wildman–Crippen MR) is 76.4 cm³/mol. The van der Waals surface area contributed by atoms with Crippen molar-refractivity contribution < 1.29 is 18.4 Å². The van der Waals surface area contributed by atoms with E-state index in [0.29, 0.717) is 11.4 Å². The molecule has 1 saturated carbocycles. The van der Waals surface area contributed by atoms with Crippen molar-refractivity contribution in [2.45, 2.75) is 38.7 Å². The summed E-state index contributed by atoms with van der Waals surface area (Å²) in [4.78, 5) is 28.1. The van der Waals surface area contributed by atoms with Crippen molar-refractivity contribution in [1.29, 1.82) is 0 Å². The van der Waals surface area contributed by atoms with Gasteiger partial charge in [-0.3, -0.25) is 9.59 Å². The van der Waals surface area contributed by atoms with Crippen LogP contribution in [-0.2, 0) is 0 Å². The number of nitrogens with one attached hydrogen (secondary N) is 1. The Morgan fingerprint density at radius 3 is 2.61 bits per heavy atom. The van der Waals surface area contributed by atoms with Gasteiger partial charge >= 0.3 is 0 Å². The molecule has 0 atom stereocenters. The SMILES string of the molecule is Cc1cc(C(=O)NC2CC(F)(F)C2)n2nc(C)c(C(N)=O)c2n1. The molecule has 0 unspecified atom stereocenters. The fraction of sp³-hybridized carbons (Fsp3) is 0.429. The molecular formula is C14H15F2N5O2. The second kappa shape index (κ2) is 4.97. The molecule has 9 heteroatoms. The van der Waals surface area contributed by atoms with Gasteiger partial charge in [0.1, 0.15) is 11.3 Å². The first-order chi connectivity index (χ1) is 10.7. The number of hydrogen-bond donors (Lipinski definition) is 2. The van der Waals surface area contributed by atoms with E-state index in [9.17, 15) is 18.4 Å². The number of halogens is 2. The first-order valence-corrected chi connectivity index (χ1v) is 7.03. The summed E-state index contributed by atoms with van der Waals surface area (Å²) in [5.41, 5.74) is 6.60. The molecule has 2 heterocycles. The van der Waals surface area contributed by atoms with Crippen molar-refractivity contribution in [2.24, 2.45) is 5.73 Å². The number of nitrogens with two attached hydrogens (primary N) is 1. The zero-order valence-electron chi connectivity index (χ0n) is 12.6. The van der Waals surface area contributed by atoms with Crippen LogP contribution in [0, 0.1) is 13.8 Å². The minimum absolute atomic E-state index is 0.123. The second-order valence-corrected chi connectivity index (χ2v) is 5.78. The van der Waals surface area contributed by atoms with Crippen LogP contribution in [0.15, 0.2) is 6.07 Å². The summed E-state index contributed by atoms with van der Waals surface area (Å²) in [6, 6.07) is 0.907. The van der Waals surface area contributed by atoms with Gasteiger partial charge in [0, 0.05) is 24.6 Å². The van der Waals surface area contributed by atoms with E-state index in [0.717, 1.165) is 0 Å². The summed E-state index contributed by atoms with van der Waals surface area (Å²) < 4.78 is 27.0. The third-order valence-corrected chi connectivity index (χ3v) is 3.80. The molecule has 23 heavy (non-hydrogen) atoms. The third kappa shape index (κ3) is 2.62. The topological polar surface area (TPSA) is 102 Å². The molecule has 2 aromatic rings. The zero-order chi connectivity index (χ0) is 16.9. The first-order valence-electron chi connectivity index (χ1n) is 7.03. The van der Waals surface area contributed by atoms with Crippen LogP contribution in [0.3, 0.4) is 0 Å². The Hall–Kier alpha value is -2.58. The average Bonchev–Trinajstić information content (AvgIpc) is 2.71. The number of hydrogen-bond acceptors (Lipinski definition) is 4. The number of nitrogens with zero attached hydrogens (tertiary/aromatic N) is 3. The number of aryl methyl sites for hydroxylation is 2. The van der Waals surface area contributed by atoms with Gasteiger partial charge in [0.25, 0.3) is 17.7 Å². The molecule has 0 radical (unpaired) electrons. The first kappa shape index (κ1) is 15.3. The lowest BCUT2D eigenvalue weighted by Gasteiger charge is -2.35. The monoisotopic (exact) mass is 323 g/mol. The minimum atomic E-state index is -2.72. The van der Waals surface area contributed by atoms with Gasteiger partial charge in [0.15, 0.2) is 5.65 Å². The van der Waals surface area contributed by atoms with Gasteiger partial charge in [-0.2, -0.15) is 5.10 Å². The van der Waals surface area contributed by atoms with Gasteiger partial charge < -0.3 is 11.1 Å². The lowest BCUT2D eigenvalue weighted by molar-refractivity contribution is -0.0901.